The van der Waals surface area contributed by atoms with Gasteiger partial charge in [-0.05, 0) is 55.8 Å². The average molecular weight is 431 g/mol. The lowest BCUT2D eigenvalue weighted by molar-refractivity contribution is -0.0514. The predicted molar refractivity (Wildman–Crippen MR) is 111 cm³/mol. The van der Waals surface area contributed by atoms with Gasteiger partial charge < -0.3 is 19.4 Å². The van der Waals surface area contributed by atoms with Crippen LogP contribution in [0.5, 0.6) is 11.5 Å². The Morgan fingerprint density at radius 2 is 1.87 bits per heavy atom. The molecule has 1 aromatic heterocycles. The van der Waals surface area contributed by atoms with Crippen molar-refractivity contribution in [1.29, 1.82) is 0 Å². The second-order valence-electron chi connectivity index (χ2n) is 6.87. The molecule has 1 amide bonds. The fraction of sp³-hybridized carbons (Fsp3) is 0.273. The van der Waals surface area contributed by atoms with E-state index in [4.69, 9.17) is 4.74 Å². The lowest BCUT2D eigenvalue weighted by Gasteiger charge is -2.19. The smallest absolute Gasteiger partial charge is 0.387 e. The highest BCUT2D eigenvalue weighted by Gasteiger charge is 2.16. The number of halogens is 2. The summed E-state index contributed by atoms with van der Waals surface area (Å²) in [5, 5.41) is 0. The van der Waals surface area contributed by atoms with Gasteiger partial charge in [0.05, 0.1) is 12.3 Å². The molecule has 0 spiro atoms. The Morgan fingerprint density at radius 3 is 2.45 bits per heavy atom. The number of aromatic nitrogens is 2. The molecule has 1 N–H and O–H groups in total. The van der Waals surface area contributed by atoms with Crippen molar-refractivity contribution in [1.82, 2.24) is 14.5 Å². The molecule has 0 atom stereocenters. The zero-order chi connectivity index (χ0) is 22.5. The van der Waals surface area contributed by atoms with Crippen LogP contribution in [0.4, 0.5) is 8.78 Å². The number of imidazole rings is 1. The number of hydrogen-bond acceptors (Lipinski definition) is 4. The third-order valence-electron chi connectivity index (χ3n) is 4.62. The van der Waals surface area contributed by atoms with Crippen molar-refractivity contribution in [3.8, 4) is 17.2 Å². The number of H-pyrrole nitrogens is 1. The van der Waals surface area contributed by atoms with Gasteiger partial charge in [-0.1, -0.05) is 6.07 Å². The molecular formula is C22H23F2N3O4. The highest BCUT2D eigenvalue weighted by molar-refractivity contribution is 5.94. The van der Waals surface area contributed by atoms with Gasteiger partial charge in [0, 0.05) is 31.0 Å². The molecule has 9 heteroatoms. The fourth-order valence-electron chi connectivity index (χ4n) is 3.21. The Kier molecular flexibility index (Phi) is 6.74. The number of aromatic amines is 1. The molecule has 2 aromatic carbocycles. The SMILES string of the molecule is CCOc1cc(CN(C)C(=O)c2ccc(-n3c(C)c[nH]c3=O)cc2)ccc1OC(F)F. The maximum atomic E-state index is 12.8. The number of amides is 1. The van der Waals surface area contributed by atoms with Crippen molar-refractivity contribution in [2.24, 2.45) is 0 Å². The molecule has 0 saturated heterocycles. The van der Waals surface area contributed by atoms with Crippen molar-refractivity contribution < 1.29 is 23.0 Å². The van der Waals surface area contributed by atoms with Crippen LogP contribution in [0.25, 0.3) is 5.69 Å². The van der Waals surface area contributed by atoms with Crippen LogP contribution in [0.1, 0.15) is 28.5 Å². The Bertz CT molecular complexity index is 1110. The summed E-state index contributed by atoms with van der Waals surface area (Å²) in [4.78, 5) is 28.8. The number of rotatable bonds is 8. The Morgan fingerprint density at radius 1 is 1.16 bits per heavy atom. The fourth-order valence-corrected chi connectivity index (χ4v) is 3.21. The van der Waals surface area contributed by atoms with E-state index in [0.29, 0.717) is 16.8 Å². The van der Waals surface area contributed by atoms with E-state index in [1.165, 1.54) is 15.5 Å². The molecular weight excluding hydrogens is 408 g/mol. The van der Waals surface area contributed by atoms with Crippen LogP contribution in [0.3, 0.4) is 0 Å². The van der Waals surface area contributed by atoms with Crippen molar-refractivity contribution >= 4 is 5.91 Å². The first-order valence-corrected chi connectivity index (χ1v) is 9.63. The molecule has 0 radical (unpaired) electrons. The molecule has 1 heterocycles. The third kappa shape index (κ3) is 5.11. The van der Waals surface area contributed by atoms with Gasteiger partial charge in [0.15, 0.2) is 11.5 Å². The molecule has 3 aromatic rings. The van der Waals surface area contributed by atoms with E-state index < -0.39 is 6.61 Å². The molecule has 0 bridgehead atoms. The van der Waals surface area contributed by atoms with Crippen molar-refractivity contribution in [2.45, 2.75) is 27.0 Å². The quantitative estimate of drug-likeness (QED) is 0.590. The lowest BCUT2D eigenvalue weighted by atomic mass is 10.1. The molecule has 0 aliphatic heterocycles. The van der Waals surface area contributed by atoms with Crippen LogP contribution in [-0.2, 0) is 6.54 Å². The molecule has 0 aliphatic carbocycles. The molecule has 0 unspecified atom stereocenters. The van der Waals surface area contributed by atoms with Gasteiger partial charge in [-0.2, -0.15) is 8.78 Å². The summed E-state index contributed by atoms with van der Waals surface area (Å²) >= 11 is 0. The van der Waals surface area contributed by atoms with Crippen LogP contribution < -0.4 is 15.2 Å². The summed E-state index contributed by atoms with van der Waals surface area (Å²) < 4.78 is 36.5. The lowest BCUT2D eigenvalue weighted by Crippen LogP contribution is -2.26. The minimum Gasteiger partial charge on any atom is -0.490 e. The molecule has 0 fully saturated rings. The number of carbonyl (C=O) groups is 1. The van der Waals surface area contributed by atoms with Crippen molar-refractivity contribution in [3.05, 3.63) is 76.0 Å². The van der Waals surface area contributed by atoms with Gasteiger partial charge >= 0.3 is 12.3 Å². The minimum absolute atomic E-state index is 0.0551. The zero-order valence-electron chi connectivity index (χ0n) is 17.4. The van der Waals surface area contributed by atoms with E-state index >= 15 is 0 Å². The molecule has 164 valence electrons. The average Bonchev–Trinajstić information content (AvgIpc) is 3.07. The largest absolute Gasteiger partial charge is 0.490 e. The second-order valence-corrected chi connectivity index (χ2v) is 6.87. The van der Waals surface area contributed by atoms with Gasteiger partial charge in [-0.25, -0.2) is 4.79 Å². The number of nitrogens with one attached hydrogen (secondary N) is 1. The monoisotopic (exact) mass is 431 g/mol. The number of ether oxygens (including phenoxy) is 2. The van der Waals surface area contributed by atoms with Crippen LogP contribution >= 0.6 is 0 Å². The summed E-state index contributed by atoms with van der Waals surface area (Å²) in [6.07, 6.45) is 1.61. The van der Waals surface area contributed by atoms with Gasteiger partial charge in [-0.3, -0.25) is 9.36 Å². The zero-order valence-corrected chi connectivity index (χ0v) is 17.4. The Hall–Kier alpha value is -3.62. The van der Waals surface area contributed by atoms with Crippen LogP contribution in [0.2, 0.25) is 0 Å². The molecule has 0 saturated carbocycles. The maximum absolute atomic E-state index is 12.8. The summed E-state index contributed by atoms with van der Waals surface area (Å²) in [7, 11) is 1.64. The maximum Gasteiger partial charge on any atom is 0.387 e. The molecule has 7 nitrogen and oxygen atoms in total. The normalized spacial score (nSPS) is 10.9. The van der Waals surface area contributed by atoms with Crippen LogP contribution in [0, 0.1) is 6.92 Å². The van der Waals surface area contributed by atoms with E-state index in [1.807, 2.05) is 0 Å². The topological polar surface area (TPSA) is 76.6 Å². The summed E-state index contributed by atoms with van der Waals surface area (Å²) in [6.45, 7) is 1.11. The molecule has 0 aliphatic rings. The summed E-state index contributed by atoms with van der Waals surface area (Å²) in [5.74, 6) is -0.0890. The highest BCUT2D eigenvalue weighted by atomic mass is 19.3. The van der Waals surface area contributed by atoms with Crippen LogP contribution in [0.15, 0.2) is 53.5 Å². The van der Waals surface area contributed by atoms with Crippen molar-refractivity contribution in [3.63, 3.8) is 0 Å². The standard InChI is InChI=1S/C22H23F2N3O4/c1-4-30-19-11-15(5-10-18(19)31-21(23)24)13-26(3)20(28)16-6-8-17(9-7-16)27-14(2)12-25-22(27)29/h5-12,21H,4,13H2,1-3H3,(H,25,29). The number of carbonyl (C=O) groups excluding carboxylic acids is 1. The first-order chi connectivity index (χ1) is 14.8. The third-order valence-corrected chi connectivity index (χ3v) is 4.62. The van der Waals surface area contributed by atoms with E-state index in [-0.39, 0.29) is 36.2 Å². The van der Waals surface area contributed by atoms with Gasteiger partial charge in [0.1, 0.15) is 0 Å². The van der Waals surface area contributed by atoms with Gasteiger partial charge in [-0.15, -0.1) is 0 Å². The highest BCUT2D eigenvalue weighted by Crippen LogP contribution is 2.30. The predicted octanol–water partition coefficient (Wildman–Crippen LogP) is 3.75. The Balaban J connectivity index is 1.74. The summed E-state index contributed by atoms with van der Waals surface area (Å²) in [5.41, 5.74) is 2.31. The van der Waals surface area contributed by atoms with E-state index in [0.717, 1.165) is 5.69 Å². The first kappa shape index (κ1) is 22.1. The molecule has 3 rings (SSSR count). The number of aryl methyl sites for hydroxylation is 1. The number of nitrogens with zero attached hydrogens (tertiary/aromatic N) is 2. The van der Waals surface area contributed by atoms with E-state index in [2.05, 4.69) is 9.72 Å². The minimum atomic E-state index is -2.96. The summed E-state index contributed by atoms with van der Waals surface area (Å²) in [6, 6.07) is 11.3. The van der Waals surface area contributed by atoms with E-state index in [1.54, 1.807) is 63.5 Å². The van der Waals surface area contributed by atoms with Crippen LogP contribution in [-0.4, -0.2) is 40.6 Å². The number of hydrogen-bond donors (Lipinski definition) is 1. The first-order valence-electron chi connectivity index (χ1n) is 9.63. The molecule has 31 heavy (non-hydrogen) atoms. The van der Waals surface area contributed by atoms with Gasteiger partial charge in [0.25, 0.3) is 5.91 Å². The van der Waals surface area contributed by atoms with E-state index in [9.17, 15) is 18.4 Å². The second kappa shape index (κ2) is 9.46. The Labute approximate surface area is 177 Å². The van der Waals surface area contributed by atoms with Crippen molar-refractivity contribution in [2.75, 3.05) is 13.7 Å². The number of benzene rings is 2. The number of alkyl halides is 2. The van der Waals surface area contributed by atoms with Gasteiger partial charge in [0.2, 0.25) is 0 Å².